The van der Waals surface area contributed by atoms with Gasteiger partial charge >= 0.3 is 5.97 Å². The second-order valence-electron chi connectivity index (χ2n) is 14.0. The molecule has 0 unspecified atom stereocenters. The van der Waals surface area contributed by atoms with E-state index in [9.17, 15) is 39.0 Å². The van der Waals surface area contributed by atoms with E-state index in [0.29, 0.717) is 64.6 Å². The molecule has 15 N–H and O–H groups in total. The highest BCUT2D eigenvalue weighted by atomic mass is 16.4. The molecular weight excluding hydrogens is 662 g/mol. The van der Waals surface area contributed by atoms with Crippen LogP contribution in [0.4, 0.5) is 0 Å². The molecule has 0 aromatic carbocycles. The van der Waals surface area contributed by atoms with Gasteiger partial charge in [0.2, 0.25) is 29.5 Å². The number of nitrogens with two attached hydrogens (primary N) is 4. The Morgan fingerprint density at radius 2 is 0.882 bits per heavy atom. The molecule has 0 saturated carbocycles. The minimum absolute atomic E-state index is 0.0695. The van der Waals surface area contributed by atoms with Crippen LogP contribution in [0.1, 0.15) is 105 Å². The van der Waals surface area contributed by atoms with E-state index < -0.39 is 77.9 Å². The van der Waals surface area contributed by atoms with Crippen LogP contribution in [0.25, 0.3) is 0 Å². The van der Waals surface area contributed by atoms with Crippen LogP contribution in [0.3, 0.4) is 0 Å². The molecule has 0 radical (unpaired) electrons. The van der Waals surface area contributed by atoms with Crippen LogP contribution >= 0.6 is 0 Å². The topological polar surface area (TPSA) is 307 Å². The molecule has 5 amide bonds. The van der Waals surface area contributed by atoms with Crippen LogP contribution in [0.15, 0.2) is 0 Å². The van der Waals surface area contributed by atoms with Crippen molar-refractivity contribution in [2.75, 3.05) is 19.6 Å². The lowest BCUT2D eigenvalue weighted by Crippen LogP contribution is -2.61. The molecular formula is C34H67N9O8. The predicted octanol–water partition coefficient (Wildman–Crippen LogP) is -1.32. The van der Waals surface area contributed by atoms with Gasteiger partial charge in [0.15, 0.2) is 0 Å². The van der Waals surface area contributed by atoms with Crippen LogP contribution in [0.2, 0.25) is 0 Å². The van der Waals surface area contributed by atoms with E-state index >= 15 is 0 Å². The van der Waals surface area contributed by atoms with E-state index in [4.69, 9.17) is 22.9 Å². The number of aliphatic hydroxyl groups excluding tert-OH is 1. The summed E-state index contributed by atoms with van der Waals surface area (Å²) in [5, 5.41) is 33.1. The highest BCUT2D eigenvalue weighted by molar-refractivity contribution is 5.96. The second-order valence-corrected chi connectivity index (χ2v) is 14.0. The number of aliphatic hydroxyl groups is 1. The van der Waals surface area contributed by atoms with E-state index in [-0.39, 0.29) is 37.5 Å². The number of carboxylic acid groups (broad SMARTS) is 1. The van der Waals surface area contributed by atoms with Crippen LogP contribution in [-0.4, -0.2) is 108 Å². The lowest BCUT2D eigenvalue weighted by molar-refractivity contribution is -0.142. The lowest BCUT2D eigenvalue weighted by atomic mass is 10.0. The molecule has 0 rings (SSSR count). The zero-order valence-electron chi connectivity index (χ0n) is 31.2. The Morgan fingerprint density at radius 1 is 0.510 bits per heavy atom. The summed E-state index contributed by atoms with van der Waals surface area (Å²) in [6.45, 7) is 9.86. The van der Waals surface area contributed by atoms with Crippen molar-refractivity contribution in [2.45, 2.75) is 148 Å². The van der Waals surface area contributed by atoms with E-state index in [1.165, 1.54) is 6.92 Å². The number of amides is 5. The van der Waals surface area contributed by atoms with Crippen molar-refractivity contribution < 1.29 is 39.0 Å². The van der Waals surface area contributed by atoms with E-state index in [1.807, 2.05) is 27.7 Å². The first-order valence-corrected chi connectivity index (χ1v) is 18.3. The number of carboxylic acids is 1. The molecule has 0 aromatic heterocycles. The minimum atomic E-state index is -1.51. The summed E-state index contributed by atoms with van der Waals surface area (Å²) in [5.41, 5.74) is 22.8. The average molecular weight is 730 g/mol. The molecule has 296 valence electrons. The molecule has 7 atom stereocenters. The van der Waals surface area contributed by atoms with E-state index in [0.717, 1.165) is 0 Å². The maximum Gasteiger partial charge on any atom is 0.326 e. The van der Waals surface area contributed by atoms with Gasteiger partial charge in [0.25, 0.3) is 0 Å². The van der Waals surface area contributed by atoms with Gasteiger partial charge in [-0.3, -0.25) is 24.0 Å². The average Bonchev–Trinajstić information content (AvgIpc) is 3.04. The minimum Gasteiger partial charge on any atom is -0.480 e. The first-order chi connectivity index (χ1) is 24.0. The molecule has 0 aliphatic carbocycles. The van der Waals surface area contributed by atoms with Gasteiger partial charge in [-0.15, -0.1) is 0 Å². The third kappa shape index (κ3) is 20.3. The Bertz CT molecular complexity index is 1080. The quantitative estimate of drug-likeness (QED) is 0.0418. The Morgan fingerprint density at radius 3 is 1.29 bits per heavy atom. The summed E-state index contributed by atoms with van der Waals surface area (Å²) in [7, 11) is 0. The Kier molecular flexibility index (Phi) is 24.7. The molecule has 0 aliphatic rings. The van der Waals surface area contributed by atoms with Gasteiger partial charge in [-0.2, -0.15) is 0 Å². The monoisotopic (exact) mass is 730 g/mol. The van der Waals surface area contributed by atoms with Gasteiger partial charge < -0.3 is 59.7 Å². The number of nitrogens with one attached hydrogen (secondary N) is 5. The highest BCUT2D eigenvalue weighted by Crippen LogP contribution is 2.11. The summed E-state index contributed by atoms with van der Waals surface area (Å²) in [4.78, 5) is 78.5. The number of unbranched alkanes of at least 4 members (excludes halogenated alkanes) is 3. The molecule has 0 aromatic rings. The van der Waals surface area contributed by atoms with Gasteiger partial charge in [-0.25, -0.2) is 4.79 Å². The van der Waals surface area contributed by atoms with Crippen molar-refractivity contribution in [3.63, 3.8) is 0 Å². The molecule has 17 nitrogen and oxygen atoms in total. The number of hydrogen-bond acceptors (Lipinski definition) is 11. The third-order valence-electron chi connectivity index (χ3n) is 8.19. The smallest absolute Gasteiger partial charge is 0.326 e. The van der Waals surface area contributed by atoms with Crippen molar-refractivity contribution in [3.8, 4) is 0 Å². The van der Waals surface area contributed by atoms with Crippen molar-refractivity contribution in [1.29, 1.82) is 0 Å². The summed E-state index contributed by atoms with van der Waals surface area (Å²) < 4.78 is 0. The SMILES string of the molecule is CC(C)C[C@H](NC(=O)[C@H](CCCCN)NC(=O)[C@@H](NC(=O)[C@H](CCCCN)NC(=O)[C@@H](N)CC(C)C)[C@@H](C)O)C(=O)N[C@@H](CCCCN)C(=O)O. The zero-order chi connectivity index (χ0) is 39.1. The number of carbonyl (C=O) groups is 6. The number of hydrogen-bond donors (Lipinski definition) is 11. The maximum atomic E-state index is 13.6. The Balaban J connectivity index is 6.08. The summed E-state index contributed by atoms with van der Waals surface area (Å²) in [5.74, 6) is -4.67. The number of rotatable bonds is 28. The van der Waals surface area contributed by atoms with Crippen molar-refractivity contribution >= 4 is 35.5 Å². The molecule has 0 spiro atoms. The third-order valence-corrected chi connectivity index (χ3v) is 8.19. The number of aliphatic carboxylic acids is 1. The second kappa shape index (κ2) is 26.4. The molecule has 0 heterocycles. The largest absolute Gasteiger partial charge is 0.480 e. The van der Waals surface area contributed by atoms with Crippen molar-refractivity contribution in [1.82, 2.24) is 26.6 Å². The van der Waals surface area contributed by atoms with Gasteiger partial charge in [0, 0.05) is 0 Å². The number of carbonyl (C=O) groups excluding carboxylic acids is 5. The fraction of sp³-hybridized carbons (Fsp3) is 0.824. The normalized spacial score (nSPS) is 15.5. The van der Waals surface area contributed by atoms with Crippen LogP contribution in [0, 0.1) is 11.8 Å². The Hall–Kier alpha value is -3.38. The predicted molar refractivity (Wildman–Crippen MR) is 195 cm³/mol. The maximum absolute atomic E-state index is 13.6. The lowest BCUT2D eigenvalue weighted by Gasteiger charge is -2.28. The standard InChI is InChI=1S/C34H67N9O8/c1-20(2)18-23(38)29(45)39-25(13-7-10-16-36)31(47)43-28(22(5)44)33(49)40-24(12-6-9-15-35)30(46)42-27(19-21(3)4)32(48)41-26(34(50)51)14-8-11-17-37/h20-28,44H,6-19,35-38H2,1-5H3,(H,39,45)(H,40,49)(H,41,48)(H,42,46)(H,43,47)(H,50,51)/t22-,23+,24+,25+,26+,27+,28+/m1/s1. The van der Waals surface area contributed by atoms with E-state index in [1.54, 1.807) is 0 Å². The fourth-order valence-electron chi connectivity index (χ4n) is 5.34. The first kappa shape index (κ1) is 47.6. The molecule has 0 bridgehead atoms. The van der Waals surface area contributed by atoms with Crippen molar-refractivity contribution in [3.05, 3.63) is 0 Å². The first-order valence-electron chi connectivity index (χ1n) is 18.3. The zero-order valence-corrected chi connectivity index (χ0v) is 31.2. The van der Waals surface area contributed by atoms with Gasteiger partial charge in [-0.1, -0.05) is 27.7 Å². The van der Waals surface area contributed by atoms with Gasteiger partial charge in [0.1, 0.15) is 30.2 Å². The Labute approximate surface area is 302 Å². The molecule has 17 heteroatoms. The summed E-state index contributed by atoms with van der Waals surface area (Å²) in [6.07, 6.45) is 2.75. The molecule has 51 heavy (non-hydrogen) atoms. The van der Waals surface area contributed by atoms with Gasteiger partial charge in [-0.05, 0) is 109 Å². The molecule has 0 fully saturated rings. The summed E-state index contributed by atoms with van der Waals surface area (Å²) >= 11 is 0. The summed E-state index contributed by atoms with van der Waals surface area (Å²) in [6, 6.07) is -6.93. The van der Waals surface area contributed by atoms with Crippen LogP contribution < -0.4 is 49.5 Å². The van der Waals surface area contributed by atoms with Crippen molar-refractivity contribution in [2.24, 2.45) is 34.8 Å². The fourth-order valence-corrected chi connectivity index (χ4v) is 5.34. The van der Waals surface area contributed by atoms with Crippen LogP contribution in [0.5, 0.6) is 0 Å². The van der Waals surface area contributed by atoms with Crippen LogP contribution in [-0.2, 0) is 28.8 Å². The highest BCUT2D eigenvalue weighted by Gasteiger charge is 2.34. The molecule has 0 saturated heterocycles. The molecule has 0 aliphatic heterocycles. The van der Waals surface area contributed by atoms with Gasteiger partial charge in [0.05, 0.1) is 12.1 Å². The van der Waals surface area contributed by atoms with E-state index in [2.05, 4.69) is 26.6 Å².